The van der Waals surface area contributed by atoms with E-state index in [1.807, 2.05) is 0 Å². The highest BCUT2D eigenvalue weighted by Crippen LogP contribution is 2.29. The molecule has 1 heterocycles. The molecule has 0 spiro atoms. The average molecular weight is 253 g/mol. The maximum Gasteiger partial charge on any atom is 0.441 e. The summed E-state index contributed by atoms with van der Waals surface area (Å²) in [5.41, 5.74) is -4.19. The monoisotopic (exact) mass is 253 g/mol. The quantitative estimate of drug-likeness (QED) is 0.815. The second kappa shape index (κ2) is 5.78. The second-order valence-corrected chi connectivity index (χ2v) is 3.83. The molecule has 0 aliphatic carbocycles. The predicted octanol–water partition coefficient (Wildman–Crippen LogP) is 2.15. The molecule has 1 aromatic rings. The number of anilines is 1. The van der Waals surface area contributed by atoms with Gasteiger partial charge in [-0.15, -0.1) is 0 Å². The molecule has 0 fully saturated rings. The van der Waals surface area contributed by atoms with Crippen molar-refractivity contribution in [3.05, 3.63) is 12.4 Å². The topological polar surface area (TPSA) is 47.0 Å². The Balaban J connectivity index is 2.32. The predicted molar refractivity (Wildman–Crippen MR) is 55.6 cm³/mol. The summed E-state index contributed by atoms with van der Waals surface area (Å²) in [5, 5.41) is 2.74. The first-order valence-electron chi connectivity index (χ1n) is 4.32. The van der Waals surface area contributed by atoms with Crippen LogP contribution >= 0.6 is 11.8 Å². The van der Waals surface area contributed by atoms with Gasteiger partial charge in [0.2, 0.25) is 5.88 Å². The number of halogens is 3. The first kappa shape index (κ1) is 12.9. The van der Waals surface area contributed by atoms with Crippen LogP contribution in [0.25, 0.3) is 0 Å². The normalized spacial score (nSPS) is 11.2. The average Bonchev–Trinajstić information content (AvgIpc) is 2.23. The number of aromatic nitrogens is 2. The fourth-order valence-corrected chi connectivity index (χ4v) is 1.33. The van der Waals surface area contributed by atoms with Gasteiger partial charge in [0, 0.05) is 18.4 Å². The Hall–Kier alpha value is -1.18. The fourth-order valence-electron chi connectivity index (χ4n) is 0.894. The Bertz CT molecular complexity index is 335. The van der Waals surface area contributed by atoms with Crippen molar-refractivity contribution in [3.8, 4) is 5.88 Å². The van der Waals surface area contributed by atoms with E-state index < -0.39 is 5.51 Å². The molecule has 0 saturated heterocycles. The van der Waals surface area contributed by atoms with E-state index in [4.69, 9.17) is 4.74 Å². The molecule has 0 amide bonds. The molecule has 0 saturated carbocycles. The maximum atomic E-state index is 11.8. The third-order valence-corrected chi connectivity index (χ3v) is 2.26. The zero-order chi connectivity index (χ0) is 12.0. The highest BCUT2D eigenvalue weighted by molar-refractivity contribution is 8.00. The molecule has 1 rings (SSSR count). The van der Waals surface area contributed by atoms with Crippen molar-refractivity contribution in [1.29, 1.82) is 0 Å². The van der Waals surface area contributed by atoms with Gasteiger partial charge in [-0.3, -0.25) is 0 Å². The van der Waals surface area contributed by atoms with Gasteiger partial charge in [0.1, 0.15) is 12.1 Å². The Morgan fingerprint density at radius 2 is 2.19 bits per heavy atom. The highest BCUT2D eigenvalue weighted by Gasteiger charge is 2.27. The number of thioether (sulfide) groups is 1. The van der Waals surface area contributed by atoms with Crippen LogP contribution in [0.1, 0.15) is 0 Å². The van der Waals surface area contributed by atoms with Gasteiger partial charge in [-0.05, 0) is 11.8 Å². The molecule has 0 aliphatic rings. The standard InChI is InChI=1S/C8H10F3N3OS/c1-15-7-4-6(13-5-14-7)12-2-3-16-8(9,10)11/h4-5H,2-3H2,1H3,(H,12,13,14). The van der Waals surface area contributed by atoms with Gasteiger partial charge in [0.15, 0.2) is 0 Å². The molecule has 1 N–H and O–H groups in total. The number of methoxy groups -OCH3 is 1. The van der Waals surface area contributed by atoms with E-state index in [1.54, 1.807) is 0 Å². The van der Waals surface area contributed by atoms with E-state index >= 15 is 0 Å². The molecule has 0 radical (unpaired) electrons. The fraction of sp³-hybridized carbons (Fsp3) is 0.500. The van der Waals surface area contributed by atoms with E-state index in [1.165, 1.54) is 19.5 Å². The van der Waals surface area contributed by atoms with E-state index in [0.29, 0.717) is 11.7 Å². The van der Waals surface area contributed by atoms with Crippen LogP contribution in [0.3, 0.4) is 0 Å². The highest BCUT2D eigenvalue weighted by atomic mass is 32.2. The van der Waals surface area contributed by atoms with E-state index in [9.17, 15) is 13.2 Å². The van der Waals surface area contributed by atoms with Gasteiger partial charge in [0.25, 0.3) is 0 Å². The van der Waals surface area contributed by atoms with Crippen LogP contribution in [-0.4, -0.2) is 34.9 Å². The Morgan fingerprint density at radius 3 is 2.81 bits per heavy atom. The Kier molecular flexibility index (Phi) is 4.66. The molecule has 16 heavy (non-hydrogen) atoms. The van der Waals surface area contributed by atoms with Crippen LogP contribution < -0.4 is 10.1 Å². The summed E-state index contributed by atoms with van der Waals surface area (Å²) in [6.07, 6.45) is 1.28. The molecular formula is C8H10F3N3OS. The van der Waals surface area contributed by atoms with E-state index in [-0.39, 0.29) is 24.1 Å². The molecule has 0 bridgehead atoms. The van der Waals surface area contributed by atoms with Gasteiger partial charge in [-0.2, -0.15) is 13.2 Å². The van der Waals surface area contributed by atoms with E-state index in [0.717, 1.165) is 0 Å². The van der Waals surface area contributed by atoms with Gasteiger partial charge in [0.05, 0.1) is 7.11 Å². The maximum absolute atomic E-state index is 11.8. The number of rotatable bonds is 5. The SMILES string of the molecule is COc1cc(NCCSC(F)(F)F)ncn1. The lowest BCUT2D eigenvalue weighted by atomic mass is 10.5. The third-order valence-electron chi connectivity index (χ3n) is 1.53. The van der Waals surface area contributed by atoms with Crippen LogP contribution in [0, 0.1) is 0 Å². The summed E-state index contributed by atoms with van der Waals surface area (Å²) in [5.74, 6) is 0.728. The number of hydrogen-bond acceptors (Lipinski definition) is 5. The zero-order valence-corrected chi connectivity index (χ0v) is 9.23. The van der Waals surface area contributed by atoms with Crippen LogP contribution in [0.4, 0.5) is 19.0 Å². The van der Waals surface area contributed by atoms with Crippen molar-refractivity contribution in [2.45, 2.75) is 5.51 Å². The largest absolute Gasteiger partial charge is 0.481 e. The number of nitrogens with one attached hydrogen (secondary N) is 1. The first-order valence-corrected chi connectivity index (χ1v) is 5.30. The summed E-state index contributed by atoms with van der Waals surface area (Å²) in [6, 6.07) is 1.51. The minimum atomic E-state index is -4.19. The lowest BCUT2D eigenvalue weighted by molar-refractivity contribution is -0.0327. The van der Waals surface area contributed by atoms with Gasteiger partial charge in [-0.1, -0.05) is 0 Å². The molecule has 90 valence electrons. The summed E-state index contributed by atoms with van der Waals surface area (Å²) < 4.78 is 40.2. The third kappa shape index (κ3) is 5.06. The number of hydrogen-bond donors (Lipinski definition) is 1. The minimum Gasteiger partial charge on any atom is -0.481 e. The Morgan fingerprint density at radius 1 is 1.44 bits per heavy atom. The second-order valence-electron chi connectivity index (χ2n) is 2.67. The van der Waals surface area contributed by atoms with Gasteiger partial charge in [-0.25, -0.2) is 9.97 Å². The molecular weight excluding hydrogens is 243 g/mol. The van der Waals surface area contributed by atoms with Gasteiger partial charge < -0.3 is 10.1 Å². The molecule has 0 atom stereocenters. The smallest absolute Gasteiger partial charge is 0.441 e. The minimum absolute atomic E-state index is 0.0736. The molecule has 4 nitrogen and oxygen atoms in total. The molecule has 1 aromatic heterocycles. The van der Waals surface area contributed by atoms with Crippen LogP contribution in [0.2, 0.25) is 0 Å². The van der Waals surface area contributed by atoms with Crippen LogP contribution in [0.15, 0.2) is 12.4 Å². The number of alkyl halides is 3. The number of ether oxygens (including phenoxy) is 1. The van der Waals surface area contributed by atoms with Crippen LogP contribution in [0.5, 0.6) is 5.88 Å². The summed E-state index contributed by atoms with van der Waals surface area (Å²) in [6.45, 7) is 0.171. The number of nitrogens with zero attached hydrogens (tertiary/aromatic N) is 2. The van der Waals surface area contributed by atoms with Crippen molar-refractivity contribution in [2.24, 2.45) is 0 Å². The summed E-state index contributed by atoms with van der Waals surface area (Å²) in [7, 11) is 1.45. The van der Waals surface area contributed by atoms with Crippen molar-refractivity contribution in [3.63, 3.8) is 0 Å². The van der Waals surface area contributed by atoms with Crippen molar-refractivity contribution in [1.82, 2.24) is 9.97 Å². The molecule has 0 aromatic carbocycles. The first-order chi connectivity index (χ1) is 7.51. The summed E-state index contributed by atoms with van der Waals surface area (Å²) >= 11 is -0.0744. The molecule has 0 unspecified atom stereocenters. The van der Waals surface area contributed by atoms with E-state index in [2.05, 4.69) is 15.3 Å². The van der Waals surface area contributed by atoms with Crippen LogP contribution in [-0.2, 0) is 0 Å². The van der Waals surface area contributed by atoms with Crippen molar-refractivity contribution >= 4 is 17.6 Å². The molecule has 0 aliphatic heterocycles. The zero-order valence-electron chi connectivity index (χ0n) is 8.41. The summed E-state index contributed by atoms with van der Waals surface area (Å²) in [4.78, 5) is 7.60. The molecule has 8 heteroatoms. The lowest BCUT2D eigenvalue weighted by Crippen LogP contribution is -2.10. The Labute approximate surface area is 94.6 Å². The van der Waals surface area contributed by atoms with Crippen molar-refractivity contribution in [2.75, 3.05) is 24.7 Å². The lowest BCUT2D eigenvalue weighted by Gasteiger charge is -2.07. The van der Waals surface area contributed by atoms with Crippen molar-refractivity contribution < 1.29 is 17.9 Å². The van der Waals surface area contributed by atoms with Gasteiger partial charge >= 0.3 is 5.51 Å².